The van der Waals surface area contributed by atoms with Crippen molar-refractivity contribution in [3.63, 3.8) is 0 Å². The number of carboxylic acids is 1. The average Bonchev–Trinajstić information content (AvgIpc) is 2.41. The van der Waals surface area contributed by atoms with Crippen LogP contribution in [0.3, 0.4) is 0 Å². The molecule has 4 heteroatoms. The lowest BCUT2D eigenvalue weighted by atomic mass is 9.92. The van der Waals surface area contributed by atoms with Gasteiger partial charge in [-0.3, -0.25) is 0 Å². The smallest absolute Gasteiger partial charge is 0.336 e. The fourth-order valence-electron chi connectivity index (χ4n) is 2.73. The Bertz CT molecular complexity index is 459. The highest BCUT2D eigenvalue weighted by Gasteiger charge is 2.22. The minimum atomic E-state index is -0.875. The molecule has 1 aliphatic carbocycles. The van der Waals surface area contributed by atoms with Gasteiger partial charge in [0, 0.05) is 18.8 Å². The van der Waals surface area contributed by atoms with Gasteiger partial charge in [0.2, 0.25) is 0 Å². The molecule has 2 unspecified atom stereocenters. The Hall–Kier alpha value is -1.55. The molecule has 0 radical (unpaired) electrons. The molecule has 1 aromatic rings. The van der Waals surface area contributed by atoms with Gasteiger partial charge in [0.05, 0.1) is 11.7 Å². The SMILES string of the molecule is COC1CCCC(Nc2cccc(C(=O)O)c2C)C1. The third-order valence-corrected chi connectivity index (χ3v) is 3.88. The molecule has 0 spiro atoms. The van der Waals surface area contributed by atoms with E-state index in [1.165, 1.54) is 0 Å². The third-order valence-electron chi connectivity index (χ3n) is 3.88. The Morgan fingerprint density at radius 2 is 2.21 bits per heavy atom. The van der Waals surface area contributed by atoms with Crippen LogP contribution in [0.25, 0.3) is 0 Å². The average molecular weight is 263 g/mol. The van der Waals surface area contributed by atoms with E-state index in [9.17, 15) is 4.79 Å². The van der Waals surface area contributed by atoms with Gasteiger partial charge < -0.3 is 15.2 Å². The number of rotatable bonds is 4. The second-order valence-electron chi connectivity index (χ2n) is 5.15. The van der Waals surface area contributed by atoms with Crippen molar-refractivity contribution in [2.75, 3.05) is 12.4 Å². The standard InChI is InChI=1S/C15H21NO3/c1-10-13(15(17)18)7-4-8-14(10)16-11-5-3-6-12(9-11)19-2/h4,7-8,11-12,16H,3,5-6,9H2,1-2H3,(H,17,18). The summed E-state index contributed by atoms with van der Waals surface area (Å²) in [5.41, 5.74) is 2.08. The largest absolute Gasteiger partial charge is 0.478 e. The summed E-state index contributed by atoms with van der Waals surface area (Å²) in [6.45, 7) is 1.85. The number of carbonyl (C=O) groups is 1. The molecule has 2 N–H and O–H groups in total. The summed E-state index contributed by atoms with van der Waals surface area (Å²) in [5.74, 6) is -0.875. The van der Waals surface area contributed by atoms with E-state index in [-0.39, 0.29) is 0 Å². The lowest BCUT2D eigenvalue weighted by molar-refractivity contribution is 0.0668. The molecule has 2 rings (SSSR count). The first-order valence-electron chi connectivity index (χ1n) is 6.74. The first-order chi connectivity index (χ1) is 9.11. The third kappa shape index (κ3) is 3.26. The molecule has 104 valence electrons. The van der Waals surface area contributed by atoms with E-state index >= 15 is 0 Å². The predicted octanol–water partition coefficient (Wildman–Crippen LogP) is 3.06. The van der Waals surface area contributed by atoms with Gasteiger partial charge in [-0.05, 0) is 50.3 Å². The van der Waals surface area contributed by atoms with Crippen molar-refractivity contribution in [1.29, 1.82) is 0 Å². The molecule has 1 aromatic carbocycles. The molecule has 2 atom stereocenters. The maximum Gasteiger partial charge on any atom is 0.336 e. The topological polar surface area (TPSA) is 58.6 Å². The fourth-order valence-corrected chi connectivity index (χ4v) is 2.73. The van der Waals surface area contributed by atoms with E-state index in [1.54, 1.807) is 19.2 Å². The van der Waals surface area contributed by atoms with E-state index in [0.29, 0.717) is 17.7 Å². The molecular weight excluding hydrogens is 242 g/mol. The van der Waals surface area contributed by atoms with Crippen LogP contribution < -0.4 is 5.32 Å². The number of hydrogen-bond acceptors (Lipinski definition) is 3. The van der Waals surface area contributed by atoms with E-state index in [4.69, 9.17) is 9.84 Å². The number of carboxylic acid groups (broad SMARTS) is 1. The number of ether oxygens (including phenoxy) is 1. The second-order valence-corrected chi connectivity index (χ2v) is 5.15. The van der Waals surface area contributed by atoms with Crippen molar-refractivity contribution in [3.05, 3.63) is 29.3 Å². The zero-order valence-electron chi connectivity index (χ0n) is 11.5. The van der Waals surface area contributed by atoms with Gasteiger partial charge >= 0.3 is 5.97 Å². The molecule has 1 saturated carbocycles. The lowest BCUT2D eigenvalue weighted by Gasteiger charge is -2.30. The number of benzene rings is 1. The van der Waals surface area contributed by atoms with Crippen LogP contribution in [0.2, 0.25) is 0 Å². The minimum Gasteiger partial charge on any atom is -0.478 e. The highest BCUT2D eigenvalue weighted by atomic mass is 16.5. The summed E-state index contributed by atoms with van der Waals surface area (Å²) in [5, 5.41) is 12.6. The van der Waals surface area contributed by atoms with Crippen molar-refractivity contribution in [2.45, 2.75) is 44.8 Å². The molecule has 1 aliphatic rings. The van der Waals surface area contributed by atoms with Crippen LogP contribution in [0.4, 0.5) is 5.69 Å². The van der Waals surface area contributed by atoms with E-state index < -0.39 is 5.97 Å². The predicted molar refractivity (Wildman–Crippen MR) is 74.8 cm³/mol. The summed E-state index contributed by atoms with van der Waals surface area (Å²) < 4.78 is 5.42. The van der Waals surface area contributed by atoms with Crippen molar-refractivity contribution in [3.8, 4) is 0 Å². The van der Waals surface area contributed by atoms with Gasteiger partial charge in [0.25, 0.3) is 0 Å². The normalized spacial score (nSPS) is 23.1. The van der Waals surface area contributed by atoms with E-state index in [2.05, 4.69) is 5.32 Å². The molecule has 0 amide bonds. The Kier molecular flexibility index (Phi) is 4.43. The zero-order valence-corrected chi connectivity index (χ0v) is 11.5. The quantitative estimate of drug-likeness (QED) is 0.876. The first kappa shape index (κ1) is 13.9. The highest BCUT2D eigenvalue weighted by Crippen LogP contribution is 2.26. The number of anilines is 1. The Morgan fingerprint density at radius 3 is 2.89 bits per heavy atom. The van der Waals surface area contributed by atoms with Gasteiger partial charge in [0.15, 0.2) is 0 Å². The van der Waals surface area contributed by atoms with Crippen LogP contribution in [0.1, 0.15) is 41.6 Å². The maximum absolute atomic E-state index is 11.1. The van der Waals surface area contributed by atoms with Gasteiger partial charge in [-0.2, -0.15) is 0 Å². The molecule has 0 bridgehead atoms. The molecule has 1 fully saturated rings. The summed E-state index contributed by atoms with van der Waals surface area (Å²) in [7, 11) is 1.75. The summed E-state index contributed by atoms with van der Waals surface area (Å²) in [4.78, 5) is 11.1. The number of aromatic carboxylic acids is 1. The van der Waals surface area contributed by atoms with Gasteiger partial charge in [0.1, 0.15) is 0 Å². The van der Waals surface area contributed by atoms with Crippen LogP contribution in [0.15, 0.2) is 18.2 Å². The van der Waals surface area contributed by atoms with Crippen LogP contribution in [0.5, 0.6) is 0 Å². The maximum atomic E-state index is 11.1. The fraction of sp³-hybridized carbons (Fsp3) is 0.533. The molecular formula is C15H21NO3. The van der Waals surface area contributed by atoms with Crippen molar-refractivity contribution in [2.24, 2.45) is 0 Å². The Labute approximate surface area is 113 Å². The van der Waals surface area contributed by atoms with Crippen molar-refractivity contribution in [1.82, 2.24) is 0 Å². The second kappa shape index (κ2) is 6.06. The van der Waals surface area contributed by atoms with Crippen molar-refractivity contribution >= 4 is 11.7 Å². The number of nitrogens with one attached hydrogen (secondary N) is 1. The van der Waals surface area contributed by atoms with Crippen LogP contribution >= 0.6 is 0 Å². The van der Waals surface area contributed by atoms with E-state index in [1.807, 2.05) is 13.0 Å². The van der Waals surface area contributed by atoms with Gasteiger partial charge in [-0.15, -0.1) is 0 Å². The summed E-state index contributed by atoms with van der Waals surface area (Å²) in [6, 6.07) is 5.73. The van der Waals surface area contributed by atoms with Gasteiger partial charge in [-0.1, -0.05) is 6.07 Å². The van der Waals surface area contributed by atoms with Crippen LogP contribution in [0, 0.1) is 6.92 Å². The Morgan fingerprint density at radius 1 is 1.42 bits per heavy atom. The first-order valence-corrected chi connectivity index (χ1v) is 6.74. The number of methoxy groups -OCH3 is 1. The molecule has 0 aliphatic heterocycles. The van der Waals surface area contributed by atoms with E-state index in [0.717, 1.165) is 36.9 Å². The molecule has 19 heavy (non-hydrogen) atoms. The molecule has 4 nitrogen and oxygen atoms in total. The molecule has 0 saturated heterocycles. The highest BCUT2D eigenvalue weighted by molar-refractivity contribution is 5.91. The number of hydrogen-bond donors (Lipinski definition) is 2. The lowest BCUT2D eigenvalue weighted by Crippen LogP contribution is -2.31. The Balaban J connectivity index is 2.10. The summed E-state index contributed by atoms with van der Waals surface area (Å²) in [6.07, 6.45) is 4.66. The minimum absolute atomic E-state index is 0.314. The van der Waals surface area contributed by atoms with Gasteiger partial charge in [-0.25, -0.2) is 4.79 Å². The van der Waals surface area contributed by atoms with Crippen LogP contribution in [-0.2, 0) is 4.74 Å². The molecule has 0 aromatic heterocycles. The zero-order chi connectivity index (χ0) is 13.8. The monoisotopic (exact) mass is 263 g/mol. The summed E-state index contributed by atoms with van der Waals surface area (Å²) >= 11 is 0. The van der Waals surface area contributed by atoms with Crippen LogP contribution in [-0.4, -0.2) is 30.3 Å². The molecule has 0 heterocycles. The van der Waals surface area contributed by atoms with Crippen molar-refractivity contribution < 1.29 is 14.6 Å².